The van der Waals surface area contributed by atoms with Gasteiger partial charge in [-0.3, -0.25) is 0 Å². The van der Waals surface area contributed by atoms with E-state index in [-0.39, 0.29) is 5.41 Å². The van der Waals surface area contributed by atoms with Crippen LogP contribution >= 0.6 is 0 Å². The van der Waals surface area contributed by atoms with Crippen molar-refractivity contribution in [1.82, 2.24) is 5.32 Å². The highest BCUT2D eigenvalue weighted by atomic mass is 16.5. The van der Waals surface area contributed by atoms with Gasteiger partial charge in [-0.05, 0) is 43.9 Å². The Hall–Kier alpha value is -0.840. The Kier molecular flexibility index (Phi) is 4.80. The summed E-state index contributed by atoms with van der Waals surface area (Å²) in [6, 6.07) is 4.36. The summed E-state index contributed by atoms with van der Waals surface area (Å²) in [6.07, 6.45) is 4.76. The molecule has 102 valence electrons. The largest absolute Gasteiger partial charge is 0.469 e. The van der Waals surface area contributed by atoms with Gasteiger partial charge in [-0.1, -0.05) is 0 Å². The highest BCUT2D eigenvalue weighted by Gasteiger charge is 2.31. The number of furan rings is 1. The van der Waals surface area contributed by atoms with Crippen LogP contribution in [0.3, 0.4) is 0 Å². The Morgan fingerprint density at radius 1 is 1.44 bits per heavy atom. The maximum atomic E-state index is 5.95. The summed E-state index contributed by atoms with van der Waals surface area (Å²) in [5, 5.41) is 3.59. The number of nitrogens with one attached hydrogen (secondary N) is 1. The van der Waals surface area contributed by atoms with E-state index < -0.39 is 0 Å². The average molecular weight is 252 g/mol. The molecule has 2 rings (SSSR count). The number of hydrogen-bond donors (Lipinski definition) is 2. The van der Waals surface area contributed by atoms with E-state index in [0.717, 1.165) is 51.3 Å². The molecule has 1 fully saturated rings. The molecule has 1 aromatic heterocycles. The molecular formula is C14H24N2O2. The summed E-state index contributed by atoms with van der Waals surface area (Å²) in [6.45, 7) is 5.56. The standard InChI is InChI=1S/C14H24N2O2/c1-12(9-13-3-2-6-18-13)16-11-14(10-15)4-7-17-8-5-14/h2-3,6,12,16H,4-5,7-11,15H2,1H3. The first-order valence-corrected chi connectivity index (χ1v) is 6.78. The van der Waals surface area contributed by atoms with E-state index in [9.17, 15) is 0 Å². The molecule has 0 aliphatic carbocycles. The molecule has 1 unspecified atom stereocenters. The van der Waals surface area contributed by atoms with Gasteiger partial charge >= 0.3 is 0 Å². The molecule has 0 aromatic carbocycles. The molecule has 18 heavy (non-hydrogen) atoms. The molecule has 3 N–H and O–H groups in total. The normalized spacial score (nSPS) is 20.8. The second-order valence-corrected chi connectivity index (χ2v) is 5.38. The molecule has 0 spiro atoms. The fourth-order valence-electron chi connectivity index (χ4n) is 2.45. The van der Waals surface area contributed by atoms with Gasteiger partial charge < -0.3 is 20.2 Å². The predicted octanol–water partition coefficient (Wildman–Crippen LogP) is 1.56. The van der Waals surface area contributed by atoms with Gasteiger partial charge in [-0.25, -0.2) is 0 Å². The molecule has 2 heterocycles. The minimum Gasteiger partial charge on any atom is -0.469 e. The minimum atomic E-state index is 0.218. The van der Waals surface area contributed by atoms with Crippen molar-refractivity contribution in [3.63, 3.8) is 0 Å². The van der Waals surface area contributed by atoms with Gasteiger partial charge in [0, 0.05) is 32.2 Å². The zero-order valence-electron chi connectivity index (χ0n) is 11.2. The average Bonchev–Trinajstić information content (AvgIpc) is 2.90. The highest BCUT2D eigenvalue weighted by molar-refractivity contribution is 5.00. The Bertz CT molecular complexity index is 332. The van der Waals surface area contributed by atoms with Crippen molar-refractivity contribution in [3.8, 4) is 0 Å². The molecule has 1 aliphatic heterocycles. The van der Waals surface area contributed by atoms with Gasteiger partial charge in [-0.2, -0.15) is 0 Å². The van der Waals surface area contributed by atoms with E-state index in [1.807, 2.05) is 12.1 Å². The maximum Gasteiger partial charge on any atom is 0.105 e. The first-order chi connectivity index (χ1) is 8.74. The van der Waals surface area contributed by atoms with E-state index in [0.29, 0.717) is 6.04 Å². The maximum absolute atomic E-state index is 5.95. The summed E-state index contributed by atoms with van der Waals surface area (Å²) < 4.78 is 10.8. The third kappa shape index (κ3) is 3.57. The van der Waals surface area contributed by atoms with Crippen molar-refractivity contribution in [3.05, 3.63) is 24.2 Å². The van der Waals surface area contributed by atoms with Crippen LogP contribution in [0.15, 0.2) is 22.8 Å². The topological polar surface area (TPSA) is 60.4 Å². The lowest BCUT2D eigenvalue weighted by atomic mass is 9.80. The molecule has 0 amide bonds. The van der Waals surface area contributed by atoms with Gasteiger partial charge in [-0.15, -0.1) is 0 Å². The van der Waals surface area contributed by atoms with Crippen LogP contribution < -0.4 is 11.1 Å². The van der Waals surface area contributed by atoms with E-state index in [2.05, 4.69) is 12.2 Å². The van der Waals surface area contributed by atoms with Crippen LogP contribution in [0, 0.1) is 5.41 Å². The molecule has 0 radical (unpaired) electrons. The second kappa shape index (κ2) is 6.36. The monoisotopic (exact) mass is 252 g/mol. The van der Waals surface area contributed by atoms with Crippen molar-refractivity contribution in [2.45, 2.75) is 32.2 Å². The molecule has 4 nitrogen and oxygen atoms in total. The molecule has 0 saturated carbocycles. The van der Waals surface area contributed by atoms with Crippen molar-refractivity contribution in [2.24, 2.45) is 11.1 Å². The van der Waals surface area contributed by atoms with Gasteiger partial charge in [0.1, 0.15) is 5.76 Å². The number of nitrogens with two attached hydrogens (primary N) is 1. The van der Waals surface area contributed by atoms with E-state index in [1.165, 1.54) is 0 Å². The van der Waals surface area contributed by atoms with Gasteiger partial charge in [0.05, 0.1) is 6.26 Å². The van der Waals surface area contributed by atoms with Crippen LogP contribution in [0.25, 0.3) is 0 Å². The van der Waals surface area contributed by atoms with Crippen LogP contribution in [0.1, 0.15) is 25.5 Å². The first kappa shape index (κ1) is 13.6. The number of hydrogen-bond acceptors (Lipinski definition) is 4. The van der Waals surface area contributed by atoms with Gasteiger partial charge in [0.25, 0.3) is 0 Å². The molecule has 1 aliphatic rings. The molecular weight excluding hydrogens is 228 g/mol. The summed E-state index contributed by atoms with van der Waals surface area (Å²) in [4.78, 5) is 0. The minimum absolute atomic E-state index is 0.218. The smallest absolute Gasteiger partial charge is 0.105 e. The molecule has 1 saturated heterocycles. The van der Waals surface area contributed by atoms with Crippen molar-refractivity contribution in [2.75, 3.05) is 26.3 Å². The molecule has 1 aromatic rings. The van der Waals surface area contributed by atoms with Crippen LogP contribution in [-0.4, -0.2) is 32.3 Å². The lowest BCUT2D eigenvalue weighted by Crippen LogP contribution is -2.46. The van der Waals surface area contributed by atoms with Crippen LogP contribution in [0.4, 0.5) is 0 Å². The Morgan fingerprint density at radius 3 is 2.83 bits per heavy atom. The summed E-state index contributed by atoms with van der Waals surface area (Å²) in [5.41, 5.74) is 6.16. The van der Waals surface area contributed by atoms with E-state index in [4.69, 9.17) is 14.9 Å². The van der Waals surface area contributed by atoms with Crippen molar-refractivity contribution < 1.29 is 9.15 Å². The zero-order valence-corrected chi connectivity index (χ0v) is 11.2. The Balaban J connectivity index is 1.78. The van der Waals surface area contributed by atoms with Crippen LogP contribution in [0.5, 0.6) is 0 Å². The fourth-order valence-corrected chi connectivity index (χ4v) is 2.45. The van der Waals surface area contributed by atoms with Gasteiger partial charge in [0.2, 0.25) is 0 Å². The lowest BCUT2D eigenvalue weighted by Gasteiger charge is -2.37. The second-order valence-electron chi connectivity index (χ2n) is 5.38. The molecule has 4 heteroatoms. The third-order valence-corrected chi connectivity index (χ3v) is 3.90. The van der Waals surface area contributed by atoms with Crippen molar-refractivity contribution >= 4 is 0 Å². The Morgan fingerprint density at radius 2 is 2.22 bits per heavy atom. The number of ether oxygens (including phenoxy) is 1. The SMILES string of the molecule is CC(Cc1ccco1)NCC1(CN)CCOCC1. The summed E-state index contributed by atoms with van der Waals surface area (Å²) in [5.74, 6) is 1.03. The molecule has 1 atom stereocenters. The summed E-state index contributed by atoms with van der Waals surface area (Å²) >= 11 is 0. The highest BCUT2D eigenvalue weighted by Crippen LogP contribution is 2.28. The zero-order chi connectivity index (χ0) is 12.8. The number of rotatable bonds is 6. The van der Waals surface area contributed by atoms with E-state index >= 15 is 0 Å². The Labute approximate surface area is 109 Å². The fraction of sp³-hybridized carbons (Fsp3) is 0.714. The van der Waals surface area contributed by atoms with E-state index in [1.54, 1.807) is 6.26 Å². The first-order valence-electron chi connectivity index (χ1n) is 6.78. The van der Waals surface area contributed by atoms with Crippen LogP contribution in [0.2, 0.25) is 0 Å². The van der Waals surface area contributed by atoms with Gasteiger partial charge in [0.15, 0.2) is 0 Å². The lowest BCUT2D eigenvalue weighted by molar-refractivity contribution is 0.0181. The van der Waals surface area contributed by atoms with Crippen molar-refractivity contribution in [1.29, 1.82) is 0 Å². The van der Waals surface area contributed by atoms with Crippen LogP contribution in [-0.2, 0) is 11.2 Å². The predicted molar refractivity (Wildman–Crippen MR) is 71.4 cm³/mol. The summed E-state index contributed by atoms with van der Waals surface area (Å²) in [7, 11) is 0. The quantitative estimate of drug-likeness (QED) is 0.806. The molecule has 0 bridgehead atoms. The third-order valence-electron chi connectivity index (χ3n) is 3.90.